The van der Waals surface area contributed by atoms with Gasteiger partial charge in [0.2, 0.25) is 15.9 Å². The number of aryl methyl sites for hydroxylation is 1. The SMILES string of the molecule is Cc1ccc(S(=O)(=O)N(C[C@@H]2CCC(=O)N2)C[C@@H](O)[C@H](Cc2ccccc2)NC(=O)OC2CC[C@H]3OCC[C@@H]23)cc1. The molecule has 41 heavy (non-hydrogen) atoms. The molecule has 0 spiro atoms. The summed E-state index contributed by atoms with van der Waals surface area (Å²) in [5, 5.41) is 17.2. The van der Waals surface area contributed by atoms with Gasteiger partial charge < -0.3 is 25.2 Å². The van der Waals surface area contributed by atoms with Crippen LogP contribution in [0.25, 0.3) is 0 Å². The second kappa shape index (κ2) is 12.9. The number of alkyl carbamates (subject to hydrolysis) is 1. The predicted octanol–water partition coefficient (Wildman–Crippen LogP) is 2.53. The Bertz CT molecular complexity index is 1310. The first kappa shape index (κ1) is 29.5. The number of hydrogen-bond donors (Lipinski definition) is 3. The van der Waals surface area contributed by atoms with Crippen LogP contribution in [0.2, 0.25) is 0 Å². The molecule has 0 aromatic heterocycles. The Hall–Kier alpha value is -2.99. The fraction of sp³-hybridized carbons (Fsp3) is 0.533. The van der Waals surface area contributed by atoms with Crippen molar-refractivity contribution in [3.05, 3.63) is 65.7 Å². The number of benzene rings is 2. The molecule has 1 saturated carbocycles. The fourth-order valence-electron chi connectivity index (χ4n) is 6.08. The number of fused-ring (bicyclic) bond motifs is 1. The third kappa shape index (κ3) is 7.27. The zero-order valence-electron chi connectivity index (χ0n) is 23.3. The third-order valence-electron chi connectivity index (χ3n) is 8.36. The lowest BCUT2D eigenvalue weighted by atomic mass is 10.0. The molecule has 3 aliphatic rings. The number of aliphatic hydroxyl groups excluding tert-OH is 1. The van der Waals surface area contributed by atoms with Gasteiger partial charge in [0.1, 0.15) is 6.10 Å². The van der Waals surface area contributed by atoms with Crippen molar-refractivity contribution < 1.29 is 32.6 Å². The van der Waals surface area contributed by atoms with E-state index in [2.05, 4.69) is 10.6 Å². The molecule has 0 radical (unpaired) electrons. The smallest absolute Gasteiger partial charge is 0.407 e. The largest absolute Gasteiger partial charge is 0.446 e. The quantitative estimate of drug-likeness (QED) is 0.369. The monoisotopic (exact) mass is 585 g/mol. The van der Waals surface area contributed by atoms with Crippen molar-refractivity contribution in [3.8, 4) is 0 Å². The maximum Gasteiger partial charge on any atom is 0.407 e. The van der Waals surface area contributed by atoms with Crippen LogP contribution in [0.5, 0.6) is 0 Å². The van der Waals surface area contributed by atoms with Crippen LogP contribution in [0.1, 0.15) is 43.2 Å². The van der Waals surface area contributed by atoms with Crippen LogP contribution in [0.15, 0.2) is 59.5 Å². The lowest BCUT2D eigenvalue weighted by molar-refractivity contribution is -0.119. The van der Waals surface area contributed by atoms with Gasteiger partial charge in [-0.15, -0.1) is 0 Å². The van der Waals surface area contributed by atoms with E-state index in [4.69, 9.17) is 9.47 Å². The molecule has 2 heterocycles. The summed E-state index contributed by atoms with van der Waals surface area (Å²) in [6.45, 7) is 2.27. The molecule has 1 aliphatic carbocycles. The van der Waals surface area contributed by atoms with E-state index < -0.39 is 28.3 Å². The minimum atomic E-state index is -4.02. The van der Waals surface area contributed by atoms with Crippen LogP contribution in [-0.4, -0.2) is 79.9 Å². The average Bonchev–Trinajstić information content (AvgIpc) is 3.68. The van der Waals surface area contributed by atoms with Crippen LogP contribution in [0.3, 0.4) is 0 Å². The second-order valence-electron chi connectivity index (χ2n) is 11.3. The summed E-state index contributed by atoms with van der Waals surface area (Å²) in [5.41, 5.74) is 1.79. The molecule has 2 amide bonds. The number of amides is 2. The highest BCUT2D eigenvalue weighted by Gasteiger charge is 2.43. The first-order valence-electron chi connectivity index (χ1n) is 14.4. The van der Waals surface area contributed by atoms with Gasteiger partial charge in [-0.05, 0) is 56.7 Å². The molecule has 11 heteroatoms. The number of sulfonamides is 1. The molecule has 1 unspecified atom stereocenters. The van der Waals surface area contributed by atoms with Crippen LogP contribution >= 0.6 is 0 Å². The number of nitrogens with one attached hydrogen (secondary N) is 2. The molecule has 6 atom stereocenters. The summed E-state index contributed by atoms with van der Waals surface area (Å²) in [6.07, 6.45) is 1.50. The first-order valence-corrected chi connectivity index (χ1v) is 15.8. The van der Waals surface area contributed by atoms with E-state index in [1.54, 1.807) is 12.1 Å². The van der Waals surface area contributed by atoms with E-state index in [1.807, 2.05) is 37.3 Å². The van der Waals surface area contributed by atoms with Gasteiger partial charge in [0, 0.05) is 38.1 Å². The minimum absolute atomic E-state index is 0.00660. The summed E-state index contributed by atoms with van der Waals surface area (Å²) < 4.78 is 40.3. The van der Waals surface area contributed by atoms with Crippen molar-refractivity contribution in [2.24, 2.45) is 5.92 Å². The molecule has 222 valence electrons. The lowest BCUT2D eigenvalue weighted by Crippen LogP contribution is -2.52. The maximum absolute atomic E-state index is 13.8. The molecule has 5 rings (SSSR count). The van der Waals surface area contributed by atoms with Gasteiger partial charge in [-0.25, -0.2) is 13.2 Å². The molecule has 2 aliphatic heterocycles. The van der Waals surface area contributed by atoms with Crippen molar-refractivity contribution in [1.29, 1.82) is 0 Å². The van der Waals surface area contributed by atoms with Gasteiger partial charge in [0.15, 0.2) is 0 Å². The Kier molecular flexibility index (Phi) is 9.28. The van der Waals surface area contributed by atoms with E-state index in [1.165, 1.54) is 16.4 Å². The van der Waals surface area contributed by atoms with Crippen molar-refractivity contribution in [3.63, 3.8) is 0 Å². The summed E-state index contributed by atoms with van der Waals surface area (Å²) in [5.74, 6) is 0.0476. The molecule has 2 aromatic carbocycles. The van der Waals surface area contributed by atoms with E-state index in [-0.39, 0.29) is 54.5 Å². The number of ether oxygens (including phenoxy) is 2. The highest BCUT2D eigenvalue weighted by atomic mass is 32.2. The fourth-order valence-corrected chi connectivity index (χ4v) is 7.58. The van der Waals surface area contributed by atoms with Gasteiger partial charge in [-0.3, -0.25) is 4.79 Å². The second-order valence-corrected chi connectivity index (χ2v) is 13.3. The highest BCUT2D eigenvalue weighted by Crippen LogP contribution is 2.37. The van der Waals surface area contributed by atoms with Gasteiger partial charge in [-0.2, -0.15) is 4.31 Å². The molecule has 2 aromatic rings. The van der Waals surface area contributed by atoms with Gasteiger partial charge in [0.25, 0.3) is 0 Å². The number of aliphatic hydroxyl groups is 1. The standard InChI is InChI=1S/C30H39N3O7S/c1-20-7-10-23(11-8-20)41(37,38)33(18-22-9-14-29(35)31-22)19-26(34)25(17-21-5-3-2-4-6-21)32-30(36)40-28-13-12-27-24(28)15-16-39-27/h2-8,10-11,22,24-28,34H,9,12-19H2,1H3,(H,31,35)(H,32,36)/t22-,24+,25-,26+,27+,28?/m0/s1. The summed E-state index contributed by atoms with van der Waals surface area (Å²) >= 11 is 0. The zero-order valence-corrected chi connectivity index (χ0v) is 24.1. The summed E-state index contributed by atoms with van der Waals surface area (Å²) in [7, 11) is -4.02. The van der Waals surface area contributed by atoms with Gasteiger partial charge in [0.05, 0.1) is 23.1 Å². The number of carbonyl (C=O) groups is 2. The molecular formula is C30H39N3O7S. The average molecular weight is 586 g/mol. The summed E-state index contributed by atoms with van der Waals surface area (Å²) in [4.78, 5) is 25.0. The Balaban J connectivity index is 1.34. The number of rotatable bonds is 11. The van der Waals surface area contributed by atoms with E-state index in [0.717, 1.165) is 30.4 Å². The topological polar surface area (TPSA) is 134 Å². The molecule has 2 saturated heterocycles. The van der Waals surface area contributed by atoms with E-state index >= 15 is 0 Å². The molecule has 3 fully saturated rings. The number of carbonyl (C=O) groups excluding carboxylic acids is 2. The van der Waals surface area contributed by atoms with Crippen LogP contribution < -0.4 is 10.6 Å². The van der Waals surface area contributed by atoms with Crippen LogP contribution in [-0.2, 0) is 30.7 Å². The zero-order chi connectivity index (χ0) is 29.0. The van der Waals surface area contributed by atoms with Crippen molar-refractivity contribution in [2.45, 2.75) is 80.7 Å². The Labute approximate surface area is 241 Å². The summed E-state index contributed by atoms with van der Waals surface area (Å²) in [6, 6.07) is 14.7. The molecule has 3 N–H and O–H groups in total. The maximum atomic E-state index is 13.8. The van der Waals surface area contributed by atoms with Gasteiger partial charge in [-0.1, -0.05) is 48.0 Å². The van der Waals surface area contributed by atoms with Crippen LogP contribution in [0.4, 0.5) is 4.79 Å². The normalized spacial score (nSPS) is 25.5. The first-order chi connectivity index (χ1) is 19.7. The number of hydrogen-bond acceptors (Lipinski definition) is 7. The Morgan fingerprint density at radius 2 is 1.88 bits per heavy atom. The molecular weight excluding hydrogens is 546 g/mol. The number of nitrogens with zero attached hydrogens (tertiary/aromatic N) is 1. The van der Waals surface area contributed by atoms with Crippen molar-refractivity contribution in [2.75, 3.05) is 19.7 Å². The van der Waals surface area contributed by atoms with E-state index in [9.17, 15) is 23.1 Å². The highest BCUT2D eigenvalue weighted by molar-refractivity contribution is 7.89. The Morgan fingerprint density at radius 1 is 1.12 bits per heavy atom. The van der Waals surface area contributed by atoms with Crippen molar-refractivity contribution >= 4 is 22.0 Å². The molecule has 10 nitrogen and oxygen atoms in total. The van der Waals surface area contributed by atoms with Crippen LogP contribution in [0, 0.1) is 12.8 Å². The van der Waals surface area contributed by atoms with Crippen molar-refractivity contribution in [1.82, 2.24) is 14.9 Å². The third-order valence-corrected chi connectivity index (χ3v) is 10.2. The van der Waals surface area contributed by atoms with Gasteiger partial charge >= 0.3 is 6.09 Å². The predicted molar refractivity (Wildman–Crippen MR) is 152 cm³/mol. The minimum Gasteiger partial charge on any atom is -0.446 e. The van der Waals surface area contributed by atoms with E-state index in [0.29, 0.717) is 19.4 Å². The molecule has 0 bridgehead atoms. The Morgan fingerprint density at radius 3 is 2.59 bits per heavy atom. The lowest BCUT2D eigenvalue weighted by Gasteiger charge is -2.31.